The molecule has 0 saturated carbocycles. The number of carbonyl (C=O) groups is 2. The highest BCUT2D eigenvalue weighted by Gasteiger charge is 2.40. The predicted octanol–water partition coefficient (Wildman–Crippen LogP) is 0.941. The summed E-state index contributed by atoms with van der Waals surface area (Å²) in [5.74, 6) is 0.605. The lowest BCUT2D eigenvalue weighted by Gasteiger charge is -2.41. The van der Waals surface area contributed by atoms with Crippen LogP contribution >= 0.6 is 0 Å². The molecule has 7 heteroatoms. The SMILES string of the molecule is Cc1cccc(OC(C)C(=O)N2CCN(C(=O)C3(N)CCOCC3)CC2)c1. The summed E-state index contributed by atoms with van der Waals surface area (Å²) in [7, 11) is 0. The predicted molar refractivity (Wildman–Crippen MR) is 101 cm³/mol. The van der Waals surface area contributed by atoms with Crippen LogP contribution in [0.15, 0.2) is 24.3 Å². The molecular formula is C20H29N3O4. The quantitative estimate of drug-likeness (QED) is 0.847. The van der Waals surface area contributed by atoms with Crippen LogP contribution in [-0.4, -0.2) is 72.6 Å². The van der Waals surface area contributed by atoms with E-state index < -0.39 is 11.6 Å². The van der Waals surface area contributed by atoms with E-state index in [0.29, 0.717) is 58.0 Å². The Morgan fingerprint density at radius 3 is 2.41 bits per heavy atom. The Balaban J connectivity index is 1.52. The Morgan fingerprint density at radius 2 is 1.78 bits per heavy atom. The molecule has 1 atom stereocenters. The summed E-state index contributed by atoms with van der Waals surface area (Å²) >= 11 is 0. The molecule has 0 bridgehead atoms. The molecule has 0 aliphatic carbocycles. The van der Waals surface area contributed by atoms with E-state index in [4.69, 9.17) is 15.2 Å². The van der Waals surface area contributed by atoms with Crippen LogP contribution in [0, 0.1) is 6.92 Å². The fourth-order valence-electron chi connectivity index (χ4n) is 3.59. The molecule has 2 fully saturated rings. The summed E-state index contributed by atoms with van der Waals surface area (Å²) < 4.78 is 11.1. The molecule has 2 aliphatic rings. The van der Waals surface area contributed by atoms with Gasteiger partial charge in [0.25, 0.3) is 5.91 Å². The van der Waals surface area contributed by atoms with E-state index in [1.54, 1.807) is 16.7 Å². The Labute approximate surface area is 160 Å². The maximum Gasteiger partial charge on any atom is 0.263 e. The Morgan fingerprint density at radius 1 is 1.15 bits per heavy atom. The van der Waals surface area contributed by atoms with Crippen molar-refractivity contribution in [3.8, 4) is 5.75 Å². The van der Waals surface area contributed by atoms with Gasteiger partial charge in [-0.1, -0.05) is 12.1 Å². The molecule has 1 aromatic rings. The summed E-state index contributed by atoms with van der Waals surface area (Å²) in [6, 6.07) is 7.65. The van der Waals surface area contributed by atoms with Crippen LogP contribution < -0.4 is 10.5 Å². The molecule has 148 valence electrons. The molecule has 1 aromatic carbocycles. The molecule has 1 unspecified atom stereocenters. The number of amides is 2. The van der Waals surface area contributed by atoms with Crippen LogP contribution in [0.1, 0.15) is 25.3 Å². The van der Waals surface area contributed by atoms with Gasteiger partial charge in [0.1, 0.15) is 5.75 Å². The number of benzene rings is 1. The molecule has 2 aliphatic heterocycles. The number of nitrogens with zero attached hydrogens (tertiary/aromatic N) is 2. The lowest BCUT2D eigenvalue weighted by Crippen LogP contribution is -2.62. The number of nitrogens with two attached hydrogens (primary N) is 1. The van der Waals surface area contributed by atoms with Crippen LogP contribution in [0.5, 0.6) is 5.75 Å². The Kier molecular flexibility index (Phi) is 6.01. The van der Waals surface area contributed by atoms with Crippen LogP contribution in [0.4, 0.5) is 0 Å². The zero-order chi connectivity index (χ0) is 19.4. The third-order valence-electron chi connectivity index (χ3n) is 5.34. The van der Waals surface area contributed by atoms with Gasteiger partial charge in [-0.15, -0.1) is 0 Å². The van der Waals surface area contributed by atoms with E-state index in [0.717, 1.165) is 5.56 Å². The van der Waals surface area contributed by atoms with E-state index >= 15 is 0 Å². The van der Waals surface area contributed by atoms with Crippen molar-refractivity contribution in [1.82, 2.24) is 9.80 Å². The van der Waals surface area contributed by atoms with Crippen molar-refractivity contribution in [3.63, 3.8) is 0 Å². The van der Waals surface area contributed by atoms with Gasteiger partial charge < -0.3 is 25.0 Å². The summed E-state index contributed by atoms with van der Waals surface area (Å²) in [4.78, 5) is 29.0. The van der Waals surface area contributed by atoms with Crippen LogP contribution in [0.3, 0.4) is 0 Å². The Hall–Kier alpha value is -2.12. The summed E-state index contributed by atoms with van der Waals surface area (Å²) in [6.07, 6.45) is 0.531. The van der Waals surface area contributed by atoms with Crippen molar-refractivity contribution in [2.45, 2.75) is 38.3 Å². The maximum absolute atomic E-state index is 12.8. The Bertz CT molecular complexity index is 680. The van der Waals surface area contributed by atoms with Gasteiger partial charge in [0.2, 0.25) is 5.91 Å². The first-order valence-corrected chi connectivity index (χ1v) is 9.57. The van der Waals surface area contributed by atoms with E-state index in [1.165, 1.54) is 0 Å². The van der Waals surface area contributed by atoms with Crippen molar-refractivity contribution in [2.75, 3.05) is 39.4 Å². The highest BCUT2D eigenvalue weighted by Crippen LogP contribution is 2.22. The fourth-order valence-corrected chi connectivity index (χ4v) is 3.59. The second kappa shape index (κ2) is 8.27. The van der Waals surface area contributed by atoms with Crippen molar-refractivity contribution in [2.24, 2.45) is 5.73 Å². The van der Waals surface area contributed by atoms with E-state index in [9.17, 15) is 9.59 Å². The second-order valence-electron chi connectivity index (χ2n) is 7.46. The average Bonchev–Trinajstić information content (AvgIpc) is 2.67. The number of piperazine rings is 1. The highest BCUT2D eigenvalue weighted by atomic mass is 16.5. The molecule has 2 N–H and O–H groups in total. The van der Waals surface area contributed by atoms with Crippen molar-refractivity contribution < 1.29 is 19.1 Å². The average molecular weight is 375 g/mol. The molecule has 0 spiro atoms. The first-order chi connectivity index (χ1) is 12.9. The van der Waals surface area contributed by atoms with Crippen molar-refractivity contribution in [3.05, 3.63) is 29.8 Å². The van der Waals surface area contributed by atoms with E-state index in [2.05, 4.69) is 0 Å². The topological polar surface area (TPSA) is 85.1 Å². The van der Waals surface area contributed by atoms with E-state index in [1.807, 2.05) is 31.2 Å². The minimum absolute atomic E-state index is 0.0260. The number of hydrogen-bond acceptors (Lipinski definition) is 5. The maximum atomic E-state index is 12.8. The van der Waals surface area contributed by atoms with Gasteiger partial charge in [-0.3, -0.25) is 9.59 Å². The smallest absolute Gasteiger partial charge is 0.263 e. The lowest BCUT2D eigenvalue weighted by molar-refractivity contribution is -0.147. The van der Waals surface area contributed by atoms with Gasteiger partial charge in [-0.05, 0) is 44.4 Å². The molecule has 27 heavy (non-hydrogen) atoms. The standard InChI is InChI=1S/C20H29N3O4/c1-15-4-3-5-17(14-15)27-16(2)18(24)22-8-10-23(11-9-22)19(25)20(21)6-12-26-13-7-20/h3-5,14,16H,6-13,21H2,1-2H3. The lowest BCUT2D eigenvalue weighted by atomic mass is 9.89. The van der Waals surface area contributed by atoms with Crippen molar-refractivity contribution >= 4 is 11.8 Å². The molecule has 0 radical (unpaired) electrons. The molecule has 0 aromatic heterocycles. The molecule has 2 heterocycles. The number of aryl methyl sites for hydroxylation is 1. The first-order valence-electron chi connectivity index (χ1n) is 9.57. The number of ether oxygens (including phenoxy) is 2. The minimum Gasteiger partial charge on any atom is -0.481 e. The molecule has 2 saturated heterocycles. The second-order valence-corrected chi connectivity index (χ2v) is 7.46. The van der Waals surface area contributed by atoms with Crippen LogP contribution in [-0.2, 0) is 14.3 Å². The molecule has 2 amide bonds. The van der Waals surface area contributed by atoms with Crippen molar-refractivity contribution in [1.29, 1.82) is 0 Å². The molecule has 7 nitrogen and oxygen atoms in total. The summed E-state index contributed by atoms with van der Waals surface area (Å²) in [5, 5.41) is 0. The zero-order valence-electron chi connectivity index (χ0n) is 16.1. The van der Waals surface area contributed by atoms with Gasteiger partial charge in [-0.25, -0.2) is 0 Å². The fraction of sp³-hybridized carbons (Fsp3) is 0.600. The third-order valence-corrected chi connectivity index (χ3v) is 5.34. The summed E-state index contributed by atoms with van der Waals surface area (Å²) in [6.45, 7) is 6.79. The van der Waals surface area contributed by atoms with Crippen LogP contribution in [0.25, 0.3) is 0 Å². The van der Waals surface area contributed by atoms with Gasteiger partial charge in [0.15, 0.2) is 6.10 Å². The number of hydrogen-bond donors (Lipinski definition) is 1. The van der Waals surface area contributed by atoms with Crippen LogP contribution in [0.2, 0.25) is 0 Å². The monoisotopic (exact) mass is 375 g/mol. The summed E-state index contributed by atoms with van der Waals surface area (Å²) in [5.41, 5.74) is 6.56. The highest BCUT2D eigenvalue weighted by molar-refractivity contribution is 5.87. The zero-order valence-corrected chi connectivity index (χ0v) is 16.1. The number of rotatable bonds is 4. The van der Waals surface area contributed by atoms with E-state index in [-0.39, 0.29) is 11.8 Å². The molecule has 3 rings (SSSR count). The molecular weight excluding hydrogens is 346 g/mol. The van der Waals surface area contributed by atoms with Gasteiger partial charge in [0, 0.05) is 39.4 Å². The first kappa shape index (κ1) is 19.6. The van der Waals surface area contributed by atoms with Gasteiger partial charge in [-0.2, -0.15) is 0 Å². The largest absolute Gasteiger partial charge is 0.481 e. The normalized spacial score (nSPS) is 20.9. The van der Waals surface area contributed by atoms with Gasteiger partial charge in [0.05, 0.1) is 5.54 Å². The third kappa shape index (κ3) is 4.59. The number of carbonyl (C=O) groups excluding carboxylic acids is 2. The van der Waals surface area contributed by atoms with Gasteiger partial charge >= 0.3 is 0 Å². The minimum atomic E-state index is -0.827.